The normalized spacial score (nSPS) is 16.0. The largest absolute Gasteiger partial charge is 0.493 e. The molecular weight excluding hydrogens is 293 g/mol. The van der Waals surface area contributed by atoms with Gasteiger partial charge in [0, 0.05) is 12.1 Å². The highest BCUT2D eigenvalue weighted by atomic mass is 35.5. The van der Waals surface area contributed by atoms with Crippen LogP contribution in [0.15, 0.2) is 12.1 Å². The van der Waals surface area contributed by atoms with Crippen LogP contribution in [0, 0.1) is 5.92 Å². The van der Waals surface area contributed by atoms with Crippen LogP contribution in [0.5, 0.6) is 5.75 Å². The van der Waals surface area contributed by atoms with Crippen molar-refractivity contribution in [1.29, 1.82) is 0 Å². The second-order valence-electron chi connectivity index (χ2n) is 4.81. The lowest BCUT2D eigenvalue weighted by Gasteiger charge is -2.14. The Bertz CT molecular complexity index is 405. The van der Waals surface area contributed by atoms with Gasteiger partial charge in [0.15, 0.2) is 0 Å². The molecule has 102 valence electrons. The first kappa shape index (κ1) is 15.9. The molecule has 0 amide bonds. The molecule has 0 bridgehead atoms. The highest BCUT2D eigenvalue weighted by Gasteiger charge is 2.22. The van der Waals surface area contributed by atoms with Gasteiger partial charge in [0.1, 0.15) is 5.75 Å². The van der Waals surface area contributed by atoms with Crippen LogP contribution >= 0.6 is 35.6 Å². The molecule has 1 fully saturated rings. The third kappa shape index (κ3) is 4.51. The van der Waals surface area contributed by atoms with Crippen molar-refractivity contribution in [3.63, 3.8) is 0 Å². The molecule has 0 aliphatic heterocycles. The molecule has 2 N–H and O–H groups in total. The highest BCUT2D eigenvalue weighted by molar-refractivity contribution is 6.42. The maximum absolute atomic E-state index is 6.02. The molecule has 1 unspecified atom stereocenters. The van der Waals surface area contributed by atoms with Gasteiger partial charge in [-0.3, -0.25) is 0 Å². The number of halogens is 3. The smallest absolute Gasteiger partial charge is 0.124 e. The lowest BCUT2D eigenvalue weighted by atomic mass is 10.1. The Hall–Kier alpha value is -0.150. The number of hydrogen-bond acceptors (Lipinski definition) is 2. The second kappa shape index (κ2) is 6.85. The van der Waals surface area contributed by atoms with Crippen LogP contribution in [0.1, 0.15) is 25.3 Å². The van der Waals surface area contributed by atoms with Crippen molar-refractivity contribution < 1.29 is 4.74 Å². The van der Waals surface area contributed by atoms with Crippen molar-refractivity contribution in [1.82, 2.24) is 0 Å². The molecule has 1 aromatic carbocycles. The van der Waals surface area contributed by atoms with E-state index in [0.717, 1.165) is 24.3 Å². The number of rotatable bonds is 5. The van der Waals surface area contributed by atoms with Gasteiger partial charge in [0.2, 0.25) is 0 Å². The van der Waals surface area contributed by atoms with E-state index in [0.29, 0.717) is 16.0 Å². The van der Waals surface area contributed by atoms with Gasteiger partial charge in [0.25, 0.3) is 0 Å². The highest BCUT2D eigenvalue weighted by Crippen LogP contribution is 2.34. The van der Waals surface area contributed by atoms with Gasteiger partial charge in [-0.25, -0.2) is 0 Å². The molecule has 1 atom stereocenters. The molecule has 1 aliphatic carbocycles. The summed E-state index contributed by atoms with van der Waals surface area (Å²) in [6.45, 7) is 2.73. The van der Waals surface area contributed by atoms with E-state index < -0.39 is 0 Å². The van der Waals surface area contributed by atoms with Crippen molar-refractivity contribution in [2.45, 2.75) is 32.2 Å². The maximum Gasteiger partial charge on any atom is 0.124 e. The Morgan fingerprint density at radius 3 is 2.50 bits per heavy atom. The fourth-order valence-corrected chi connectivity index (χ4v) is 2.04. The molecule has 0 heterocycles. The van der Waals surface area contributed by atoms with Crippen molar-refractivity contribution in [3.05, 3.63) is 27.7 Å². The van der Waals surface area contributed by atoms with Gasteiger partial charge in [-0.05, 0) is 43.7 Å². The van der Waals surface area contributed by atoms with Gasteiger partial charge < -0.3 is 10.5 Å². The van der Waals surface area contributed by atoms with Gasteiger partial charge in [-0.2, -0.15) is 0 Å². The first-order valence-corrected chi connectivity index (χ1v) is 6.68. The summed E-state index contributed by atoms with van der Waals surface area (Å²) >= 11 is 12.0. The Morgan fingerprint density at radius 1 is 1.33 bits per heavy atom. The fraction of sp³-hybridized carbons (Fsp3) is 0.538. The van der Waals surface area contributed by atoms with E-state index >= 15 is 0 Å². The first-order chi connectivity index (χ1) is 8.06. The van der Waals surface area contributed by atoms with Crippen LogP contribution in [-0.4, -0.2) is 12.6 Å². The molecule has 0 radical (unpaired) electrons. The summed E-state index contributed by atoms with van der Waals surface area (Å²) in [7, 11) is 0. The lowest BCUT2D eigenvalue weighted by Crippen LogP contribution is -2.18. The van der Waals surface area contributed by atoms with E-state index in [-0.39, 0.29) is 18.4 Å². The van der Waals surface area contributed by atoms with Gasteiger partial charge in [0.05, 0.1) is 16.7 Å². The van der Waals surface area contributed by atoms with E-state index in [9.17, 15) is 0 Å². The molecule has 0 spiro atoms. The van der Waals surface area contributed by atoms with Crippen LogP contribution < -0.4 is 10.5 Å². The summed E-state index contributed by atoms with van der Waals surface area (Å²) in [4.78, 5) is 0. The minimum absolute atomic E-state index is 0. The summed E-state index contributed by atoms with van der Waals surface area (Å²) in [5.41, 5.74) is 6.86. The number of benzene rings is 1. The molecule has 0 saturated heterocycles. The van der Waals surface area contributed by atoms with Crippen molar-refractivity contribution in [3.8, 4) is 5.75 Å². The second-order valence-corrected chi connectivity index (χ2v) is 5.62. The van der Waals surface area contributed by atoms with Crippen molar-refractivity contribution >= 4 is 35.6 Å². The third-order valence-electron chi connectivity index (χ3n) is 2.82. The Balaban J connectivity index is 0.00000162. The summed E-state index contributed by atoms with van der Waals surface area (Å²) < 4.78 is 5.80. The zero-order valence-electron chi connectivity index (χ0n) is 10.3. The average molecular weight is 311 g/mol. The van der Waals surface area contributed by atoms with Crippen molar-refractivity contribution in [2.75, 3.05) is 6.61 Å². The van der Waals surface area contributed by atoms with E-state index in [1.54, 1.807) is 6.07 Å². The van der Waals surface area contributed by atoms with E-state index in [1.165, 1.54) is 12.8 Å². The number of nitrogens with two attached hydrogens (primary N) is 1. The molecule has 2 rings (SSSR count). The molecule has 5 heteroatoms. The summed E-state index contributed by atoms with van der Waals surface area (Å²) in [6, 6.07) is 3.73. The molecule has 1 saturated carbocycles. The lowest BCUT2D eigenvalue weighted by molar-refractivity contribution is 0.296. The summed E-state index contributed by atoms with van der Waals surface area (Å²) in [6.07, 6.45) is 3.28. The monoisotopic (exact) mass is 309 g/mol. The number of ether oxygens (including phenoxy) is 1. The Labute approximate surface area is 124 Å². The zero-order valence-corrected chi connectivity index (χ0v) is 12.6. The van der Waals surface area contributed by atoms with Crippen LogP contribution in [0.4, 0.5) is 0 Å². The zero-order chi connectivity index (χ0) is 12.4. The maximum atomic E-state index is 6.02. The standard InChI is InChI=1S/C13H17Cl2NO.ClH/c1-8(16)4-10-5-11(14)12(15)6-13(10)17-7-9-2-3-9;/h5-6,8-9H,2-4,7,16H2,1H3;1H. The Morgan fingerprint density at radius 2 is 1.94 bits per heavy atom. The number of hydrogen-bond donors (Lipinski definition) is 1. The van der Waals surface area contributed by atoms with Crippen LogP contribution in [0.3, 0.4) is 0 Å². The van der Waals surface area contributed by atoms with Crippen molar-refractivity contribution in [2.24, 2.45) is 11.7 Å². The molecular formula is C13H18Cl3NO. The van der Waals surface area contributed by atoms with Gasteiger partial charge in [-0.1, -0.05) is 23.2 Å². The first-order valence-electron chi connectivity index (χ1n) is 5.92. The minimum Gasteiger partial charge on any atom is -0.493 e. The van der Waals surface area contributed by atoms with Gasteiger partial charge in [-0.15, -0.1) is 12.4 Å². The Kier molecular flexibility index (Phi) is 6.06. The van der Waals surface area contributed by atoms with Crippen LogP contribution in [0.25, 0.3) is 0 Å². The molecule has 1 aromatic rings. The topological polar surface area (TPSA) is 35.2 Å². The van der Waals surface area contributed by atoms with E-state index in [4.69, 9.17) is 33.7 Å². The predicted octanol–water partition coefficient (Wildman–Crippen LogP) is 4.09. The molecule has 1 aliphatic rings. The SMILES string of the molecule is CC(N)Cc1cc(Cl)c(Cl)cc1OCC1CC1.Cl. The summed E-state index contributed by atoms with van der Waals surface area (Å²) in [5.74, 6) is 1.54. The fourth-order valence-electron chi connectivity index (χ4n) is 1.70. The predicted molar refractivity (Wildman–Crippen MR) is 79.3 cm³/mol. The van der Waals surface area contributed by atoms with E-state index in [1.807, 2.05) is 13.0 Å². The molecule has 18 heavy (non-hydrogen) atoms. The van der Waals surface area contributed by atoms with Crippen LogP contribution in [0.2, 0.25) is 10.0 Å². The quantitative estimate of drug-likeness (QED) is 0.889. The van der Waals surface area contributed by atoms with Gasteiger partial charge >= 0.3 is 0 Å². The van der Waals surface area contributed by atoms with Crippen LogP contribution in [-0.2, 0) is 6.42 Å². The molecule has 2 nitrogen and oxygen atoms in total. The third-order valence-corrected chi connectivity index (χ3v) is 3.54. The van der Waals surface area contributed by atoms with E-state index in [2.05, 4.69) is 0 Å². The average Bonchev–Trinajstić information content (AvgIpc) is 3.04. The minimum atomic E-state index is 0. The molecule has 0 aromatic heterocycles. The summed E-state index contributed by atoms with van der Waals surface area (Å²) in [5, 5.41) is 1.09.